The van der Waals surface area contributed by atoms with E-state index in [0.29, 0.717) is 18.5 Å². The second kappa shape index (κ2) is 9.13. The van der Waals surface area contributed by atoms with Crippen LogP contribution in [-0.2, 0) is 10.5 Å². The number of nitrogens with zero attached hydrogens (tertiary/aromatic N) is 2. The second-order valence-corrected chi connectivity index (χ2v) is 8.10. The average Bonchev–Trinajstić information content (AvgIpc) is 3.35. The van der Waals surface area contributed by atoms with Gasteiger partial charge in [0.05, 0.1) is 11.0 Å². The van der Waals surface area contributed by atoms with Gasteiger partial charge in [-0.1, -0.05) is 36.0 Å². The van der Waals surface area contributed by atoms with Crippen LogP contribution < -0.4 is 5.32 Å². The van der Waals surface area contributed by atoms with Gasteiger partial charge in [-0.05, 0) is 42.7 Å². The highest BCUT2D eigenvalue weighted by atomic mass is 32.2. The molecule has 1 aliphatic heterocycles. The van der Waals surface area contributed by atoms with Gasteiger partial charge in [0, 0.05) is 37.4 Å². The molecule has 1 fully saturated rings. The van der Waals surface area contributed by atoms with Crippen molar-refractivity contribution in [3.8, 4) is 0 Å². The fourth-order valence-corrected chi connectivity index (χ4v) is 4.26. The Hall–Kier alpha value is -2.80. The van der Waals surface area contributed by atoms with E-state index in [9.17, 15) is 9.59 Å². The Morgan fingerprint density at radius 1 is 1.17 bits per heavy atom. The third kappa shape index (κ3) is 4.98. The fraction of sp³-hybridized carbons (Fsp3) is 0.318. The van der Waals surface area contributed by atoms with Crippen molar-refractivity contribution < 1.29 is 9.59 Å². The van der Waals surface area contributed by atoms with Gasteiger partial charge in [-0.25, -0.2) is 4.98 Å². The van der Waals surface area contributed by atoms with Crippen molar-refractivity contribution in [2.24, 2.45) is 0 Å². The maximum atomic E-state index is 12.3. The van der Waals surface area contributed by atoms with Crippen molar-refractivity contribution >= 4 is 34.6 Å². The largest absolute Gasteiger partial charge is 0.352 e. The van der Waals surface area contributed by atoms with Crippen LogP contribution in [0, 0.1) is 0 Å². The number of benzene rings is 2. The summed E-state index contributed by atoms with van der Waals surface area (Å²) in [5.74, 6) is 0.938. The van der Waals surface area contributed by atoms with Gasteiger partial charge >= 0.3 is 0 Å². The van der Waals surface area contributed by atoms with Gasteiger partial charge in [-0.3, -0.25) is 9.59 Å². The summed E-state index contributed by atoms with van der Waals surface area (Å²) in [6.07, 6.45) is 2.39. The number of carbonyl (C=O) groups is 2. The molecule has 1 saturated heterocycles. The van der Waals surface area contributed by atoms with E-state index in [1.54, 1.807) is 11.8 Å². The van der Waals surface area contributed by atoms with Gasteiger partial charge in [-0.15, -0.1) is 0 Å². The maximum absolute atomic E-state index is 12.3. The van der Waals surface area contributed by atoms with Crippen molar-refractivity contribution in [3.63, 3.8) is 0 Å². The summed E-state index contributed by atoms with van der Waals surface area (Å²) >= 11 is 1.64. The molecular weight excluding hydrogens is 384 g/mol. The van der Waals surface area contributed by atoms with Crippen molar-refractivity contribution in [1.29, 1.82) is 0 Å². The van der Waals surface area contributed by atoms with Crippen LogP contribution in [0.2, 0.25) is 0 Å². The molecule has 4 rings (SSSR count). The number of rotatable bonds is 8. The van der Waals surface area contributed by atoms with Crippen molar-refractivity contribution in [1.82, 2.24) is 20.2 Å². The monoisotopic (exact) mass is 408 g/mol. The summed E-state index contributed by atoms with van der Waals surface area (Å²) < 4.78 is 0. The van der Waals surface area contributed by atoms with E-state index in [4.69, 9.17) is 0 Å². The lowest BCUT2D eigenvalue weighted by atomic mass is 10.1. The van der Waals surface area contributed by atoms with E-state index in [-0.39, 0.29) is 11.8 Å². The molecule has 0 unspecified atom stereocenters. The van der Waals surface area contributed by atoms with E-state index in [2.05, 4.69) is 15.3 Å². The summed E-state index contributed by atoms with van der Waals surface area (Å²) in [6.45, 7) is 2.14. The number of aromatic nitrogens is 2. The summed E-state index contributed by atoms with van der Waals surface area (Å²) in [4.78, 5) is 33.6. The van der Waals surface area contributed by atoms with Gasteiger partial charge in [0.2, 0.25) is 5.91 Å². The lowest BCUT2D eigenvalue weighted by molar-refractivity contribution is -0.127. The topological polar surface area (TPSA) is 78.1 Å². The van der Waals surface area contributed by atoms with Crippen LogP contribution in [0.1, 0.15) is 35.2 Å². The Bertz CT molecular complexity index is 966. The molecule has 2 N–H and O–H groups in total. The lowest BCUT2D eigenvalue weighted by Gasteiger charge is -2.15. The minimum absolute atomic E-state index is 0.0748. The smallest absolute Gasteiger partial charge is 0.251 e. The van der Waals surface area contributed by atoms with Crippen LogP contribution in [0.4, 0.5) is 0 Å². The molecule has 0 aliphatic carbocycles. The first-order valence-electron chi connectivity index (χ1n) is 9.91. The summed E-state index contributed by atoms with van der Waals surface area (Å²) in [6, 6.07) is 15.6. The molecule has 1 aliphatic rings. The first-order chi connectivity index (χ1) is 14.2. The van der Waals surface area contributed by atoms with Crippen molar-refractivity contribution in [2.75, 3.05) is 19.6 Å². The Kier molecular flexibility index (Phi) is 6.14. The van der Waals surface area contributed by atoms with E-state index in [0.717, 1.165) is 53.4 Å². The number of H-pyrrole nitrogens is 1. The third-order valence-corrected chi connectivity index (χ3v) is 5.97. The molecule has 2 aromatic carbocycles. The molecule has 3 aromatic rings. The minimum atomic E-state index is -0.0748. The van der Waals surface area contributed by atoms with Crippen molar-refractivity contribution in [2.45, 2.75) is 30.2 Å². The number of para-hydroxylation sites is 2. The van der Waals surface area contributed by atoms with Gasteiger partial charge in [0.15, 0.2) is 5.16 Å². The second-order valence-electron chi connectivity index (χ2n) is 7.14. The van der Waals surface area contributed by atoms with E-state index < -0.39 is 0 Å². The first-order valence-corrected chi connectivity index (χ1v) is 10.9. The van der Waals surface area contributed by atoms with Crippen LogP contribution in [0.3, 0.4) is 0 Å². The minimum Gasteiger partial charge on any atom is -0.352 e. The maximum Gasteiger partial charge on any atom is 0.251 e. The van der Waals surface area contributed by atoms with Gasteiger partial charge < -0.3 is 15.2 Å². The summed E-state index contributed by atoms with van der Waals surface area (Å²) in [7, 11) is 0. The number of likely N-dealkylation sites (tertiary alicyclic amines) is 1. The van der Waals surface area contributed by atoms with Crippen molar-refractivity contribution in [3.05, 3.63) is 59.7 Å². The molecule has 1 aromatic heterocycles. The molecular formula is C22H24N4O2S. The van der Waals surface area contributed by atoms with E-state index >= 15 is 0 Å². The summed E-state index contributed by atoms with van der Waals surface area (Å²) in [5.41, 5.74) is 3.80. The quantitative estimate of drug-likeness (QED) is 0.441. The molecule has 0 atom stereocenters. The number of imidazole rings is 1. The normalized spacial score (nSPS) is 13.9. The number of thioether (sulfide) groups is 1. The zero-order valence-electron chi connectivity index (χ0n) is 16.2. The van der Waals surface area contributed by atoms with Gasteiger partial charge in [0.25, 0.3) is 5.91 Å². The Balaban J connectivity index is 1.22. The molecule has 0 bridgehead atoms. The standard InChI is InChI=1S/C22H24N4O2S/c27-20-7-3-13-26(20)14-4-12-23-21(28)17-10-8-16(9-11-17)15-29-22-24-18-5-1-2-6-19(18)25-22/h1-2,5-6,8-11H,3-4,7,12-15H2,(H,23,28)(H,24,25). The number of amides is 2. The Morgan fingerprint density at radius 3 is 2.76 bits per heavy atom. The molecule has 0 saturated carbocycles. The highest BCUT2D eigenvalue weighted by Gasteiger charge is 2.19. The highest BCUT2D eigenvalue weighted by Crippen LogP contribution is 2.23. The average molecular weight is 409 g/mol. The van der Waals surface area contributed by atoms with Gasteiger partial charge in [-0.2, -0.15) is 0 Å². The number of carbonyl (C=O) groups excluding carboxylic acids is 2. The van der Waals surface area contributed by atoms with E-state index in [1.165, 1.54) is 0 Å². The van der Waals surface area contributed by atoms with Gasteiger partial charge in [0.1, 0.15) is 0 Å². The van der Waals surface area contributed by atoms with Crippen LogP contribution >= 0.6 is 11.8 Å². The zero-order valence-corrected chi connectivity index (χ0v) is 17.0. The molecule has 150 valence electrons. The van der Waals surface area contributed by atoms with Crippen LogP contribution in [-0.4, -0.2) is 46.3 Å². The number of hydrogen-bond acceptors (Lipinski definition) is 4. The number of fused-ring (bicyclic) bond motifs is 1. The molecule has 2 amide bonds. The molecule has 29 heavy (non-hydrogen) atoms. The van der Waals surface area contributed by atoms with Crippen LogP contribution in [0.15, 0.2) is 53.7 Å². The number of hydrogen-bond donors (Lipinski definition) is 2. The lowest BCUT2D eigenvalue weighted by Crippen LogP contribution is -2.30. The predicted octanol–water partition coefficient (Wildman–Crippen LogP) is 3.60. The fourth-order valence-electron chi connectivity index (χ4n) is 3.42. The van der Waals surface area contributed by atoms with E-state index in [1.807, 2.05) is 53.4 Å². The number of aromatic amines is 1. The third-order valence-electron chi connectivity index (χ3n) is 5.02. The van der Waals surface area contributed by atoms with Crippen LogP contribution in [0.25, 0.3) is 11.0 Å². The SMILES string of the molecule is O=C(NCCCN1CCCC1=O)c1ccc(CSc2nc3ccccc3[nH]2)cc1. The molecule has 0 spiro atoms. The molecule has 6 nitrogen and oxygen atoms in total. The van der Waals surface area contributed by atoms with Crippen LogP contribution in [0.5, 0.6) is 0 Å². The molecule has 7 heteroatoms. The summed E-state index contributed by atoms with van der Waals surface area (Å²) in [5, 5.41) is 3.83. The highest BCUT2D eigenvalue weighted by molar-refractivity contribution is 7.98. The molecule has 2 heterocycles. The zero-order chi connectivity index (χ0) is 20.1. The number of nitrogens with one attached hydrogen (secondary N) is 2. The first kappa shape index (κ1) is 19.5. The Labute approximate surface area is 174 Å². The Morgan fingerprint density at radius 2 is 2.00 bits per heavy atom. The predicted molar refractivity (Wildman–Crippen MR) is 115 cm³/mol. The molecule has 0 radical (unpaired) electrons.